The first-order chi connectivity index (χ1) is 8.04. The van der Waals surface area contributed by atoms with E-state index in [9.17, 15) is 13.5 Å². The van der Waals surface area contributed by atoms with E-state index in [0.717, 1.165) is 0 Å². The average Bonchev–Trinajstić information content (AvgIpc) is 2.78. The van der Waals surface area contributed by atoms with Crippen LogP contribution in [-0.2, 0) is 16.6 Å². The second kappa shape index (κ2) is 4.75. The predicted octanol–water partition coefficient (Wildman–Crippen LogP) is 0.0484. The van der Waals surface area contributed by atoms with Gasteiger partial charge in [0.2, 0.25) is 0 Å². The van der Waals surface area contributed by atoms with Crippen molar-refractivity contribution < 1.29 is 13.5 Å². The number of aryl methyl sites for hydroxylation is 1. The second-order valence-corrected chi connectivity index (χ2v) is 6.09. The van der Waals surface area contributed by atoms with Gasteiger partial charge in [0.1, 0.15) is 0 Å². The molecular formula is C10H17N3O3S. The Balaban J connectivity index is 2.23. The van der Waals surface area contributed by atoms with E-state index in [-0.39, 0.29) is 11.6 Å². The first-order valence-electron chi connectivity index (χ1n) is 5.74. The van der Waals surface area contributed by atoms with Gasteiger partial charge in [-0.1, -0.05) is 0 Å². The van der Waals surface area contributed by atoms with E-state index in [1.54, 1.807) is 4.57 Å². The van der Waals surface area contributed by atoms with Crippen molar-refractivity contribution in [1.82, 2.24) is 13.9 Å². The molecule has 1 saturated heterocycles. The van der Waals surface area contributed by atoms with E-state index >= 15 is 0 Å². The van der Waals surface area contributed by atoms with Crippen LogP contribution in [0.5, 0.6) is 0 Å². The average molecular weight is 259 g/mol. The lowest BCUT2D eigenvalue weighted by Gasteiger charge is -2.28. The molecule has 2 rings (SSSR count). The van der Waals surface area contributed by atoms with Gasteiger partial charge in [0.25, 0.3) is 10.0 Å². The van der Waals surface area contributed by atoms with E-state index in [2.05, 4.69) is 4.98 Å². The van der Waals surface area contributed by atoms with Gasteiger partial charge in [-0.15, -0.1) is 0 Å². The molecule has 1 atom stereocenters. The Morgan fingerprint density at radius 1 is 1.59 bits per heavy atom. The zero-order valence-electron chi connectivity index (χ0n) is 9.78. The van der Waals surface area contributed by atoms with Crippen LogP contribution < -0.4 is 0 Å². The summed E-state index contributed by atoms with van der Waals surface area (Å²) in [6.07, 6.45) is 3.82. The van der Waals surface area contributed by atoms with E-state index in [4.69, 9.17) is 0 Å². The van der Waals surface area contributed by atoms with Gasteiger partial charge in [0.05, 0.1) is 12.4 Å². The summed E-state index contributed by atoms with van der Waals surface area (Å²) in [6, 6.07) is 0. The van der Waals surface area contributed by atoms with E-state index in [1.165, 1.54) is 16.8 Å². The number of hydrogen-bond donors (Lipinski definition) is 1. The molecule has 2 heterocycles. The Bertz CT molecular complexity index is 483. The second-order valence-electron chi connectivity index (χ2n) is 4.20. The fraction of sp³-hybridized carbons (Fsp3) is 0.700. The number of aliphatic hydroxyl groups is 1. The van der Waals surface area contributed by atoms with E-state index < -0.39 is 16.1 Å². The van der Waals surface area contributed by atoms with Gasteiger partial charge < -0.3 is 9.67 Å². The van der Waals surface area contributed by atoms with Crippen molar-refractivity contribution in [3.05, 3.63) is 12.5 Å². The zero-order valence-corrected chi connectivity index (χ0v) is 10.6. The van der Waals surface area contributed by atoms with Crippen LogP contribution in [-0.4, -0.2) is 46.6 Å². The molecule has 0 amide bonds. The molecule has 0 bridgehead atoms. The third kappa shape index (κ3) is 2.51. The van der Waals surface area contributed by atoms with Crippen LogP contribution in [0.15, 0.2) is 17.6 Å². The van der Waals surface area contributed by atoms with Crippen molar-refractivity contribution in [3.63, 3.8) is 0 Å². The molecule has 1 aromatic heterocycles. The van der Waals surface area contributed by atoms with Crippen molar-refractivity contribution in [2.45, 2.75) is 37.4 Å². The minimum Gasteiger partial charge on any atom is -0.392 e. The monoisotopic (exact) mass is 259 g/mol. The van der Waals surface area contributed by atoms with Gasteiger partial charge in [-0.2, -0.15) is 4.31 Å². The summed E-state index contributed by atoms with van der Waals surface area (Å²) in [5.41, 5.74) is 0. The van der Waals surface area contributed by atoms with Gasteiger partial charge in [-0.3, -0.25) is 0 Å². The normalized spacial score (nSPS) is 22.8. The maximum absolute atomic E-state index is 12.2. The molecule has 96 valence electrons. The lowest BCUT2D eigenvalue weighted by Crippen LogP contribution is -2.42. The third-order valence-electron chi connectivity index (χ3n) is 2.94. The molecule has 1 aliphatic heterocycles. The third-order valence-corrected chi connectivity index (χ3v) is 4.69. The summed E-state index contributed by atoms with van der Waals surface area (Å²) >= 11 is 0. The summed E-state index contributed by atoms with van der Waals surface area (Å²) in [4.78, 5) is 3.91. The quantitative estimate of drug-likeness (QED) is 0.832. The van der Waals surface area contributed by atoms with Crippen LogP contribution >= 0.6 is 0 Å². The molecule has 17 heavy (non-hydrogen) atoms. The fourth-order valence-corrected chi connectivity index (χ4v) is 3.37. The number of imidazole rings is 1. The van der Waals surface area contributed by atoms with Gasteiger partial charge in [0.15, 0.2) is 5.03 Å². The Morgan fingerprint density at radius 2 is 2.35 bits per heavy atom. The maximum Gasteiger partial charge on any atom is 0.262 e. The number of β-amino-alcohol motifs (C(OH)–C–C–N with tert-alkyl or cyclic N) is 1. The number of rotatable bonds is 3. The molecule has 0 aliphatic carbocycles. The number of aromatic nitrogens is 2. The highest BCUT2D eigenvalue weighted by Crippen LogP contribution is 2.19. The molecule has 1 N–H and O–H groups in total. The standard InChI is InChI=1S/C10H17N3O3S/c1-2-12-7-10(11-8-12)17(15,16)13-5-3-4-9(14)6-13/h7-9,14H,2-6H2,1H3. The Labute approximate surface area is 101 Å². The number of sulfonamides is 1. The van der Waals surface area contributed by atoms with Gasteiger partial charge in [0, 0.05) is 25.8 Å². The molecule has 0 aromatic carbocycles. The summed E-state index contributed by atoms with van der Waals surface area (Å²) < 4.78 is 27.4. The van der Waals surface area contributed by atoms with Crippen molar-refractivity contribution in [2.75, 3.05) is 13.1 Å². The number of piperidine rings is 1. The van der Waals surface area contributed by atoms with Gasteiger partial charge in [-0.25, -0.2) is 13.4 Å². The highest BCUT2D eigenvalue weighted by Gasteiger charge is 2.30. The Hall–Kier alpha value is -0.920. The Kier molecular flexibility index (Phi) is 3.50. The molecule has 6 nitrogen and oxygen atoms in total. The maximum atomic E-state index is 12.2. The van der Waals surface area contributed by atoms with Gasteiger partial charge >= 0.3 is 0 Å². The van der Waals surface area contributed by atoms with Crippen LogP contribution in [0.4, 0.5) is 0 Å². The summed E-state index contributed by atoms with van der Waals surface area (Å²) in [5, 5.41) is 9.57. The zero-order chi connectivity index (χ0) is 12.5. The largest absolute Gasteiger partial charge is 0.392 e. The number of nitrogens with zero attached hydrogens (tertiary/aromatic N) is 3. The highest BCUT2D eigenvalue weighted by molar-refractivity contribution is 7.89. The van der Waals surface area contributed by atoms with Crippen LogP contribution in [0.2, 0.25) is 0 Å². The van der Waals surface area contributed by atoms with Gasteiger partial charge in [-0.05, 0) is 19.8 Å². The molecular weight excluding hydrogens is 242 g/mol. The molecule has 1 aromatic rings. The van der Waals surface area contributed by atoms with Crippen molar-refractivity contribution >= 4 is 10.0 Å². The summed E-state index contributed by atoms with van der Waals surface area (Å²) in [6.45, 7) is 3.23. The predicted molar refractivity (Wildman–Crippen MR) is 61.9 cm³/mol. The SMILES string of the molecule is CCn1cnc(S(=O)(=O)N2CCCC(O)C2)c1. The van der Waals surface area contributed by atoms with Crippen LogP contribution in [0.1, 0.15) is 19.8 Å². The highest BCUT2D eigenvalue weighted by atomic mass is 32.2. The van der Waals surface area contributed by atoms with Crippen molar-refractivity contribution in [2.24, 2.45) is 0 Å². The topological polar surface area (TPSA) is 75.4 Å². The van der Waals surface area contributed by atoms with Crippen molar-refractivity contribution in [3.8, 4) is 0 Å². The summed E-state index contributed by atoms with van der Waals surface area (Å²) in [5.74, 6) is 0. The fourth-order valence-electron chi connectivity index (χ4n) is 1.92. The molecule has 0 saturated carbocycles. The molecule has 1 unspecified atom stereocenters. The van der Waals surface area contributed by atoms with E-state index in [1.807, 2.05) is 6.92 Å². The van der Waals surface area contributed by atoms with Crippen molar-refractivity contribution in [1.29, 1.82) is 0 Å². The molecule has 0 spiro atoms. The molecule has 1 fully saturated rings. The first-order valence-corrected chi connectivity index (χ1v) is 7.18. The van der Waals surface area contributed by atoms with E-state index in [0.29, 0.717) is 25.9 Å². The minimum atomic E-state index is -3.54. The number of hydrogen-bond acceptors (Lipinski definition) is 4. The molecule has 1 aliphatic rings. The molecule has 7 heteroatoms. The smallest absolute Gasteiger partial charge is 0.262 e. The summed E-state index contributed by atoms with van der Waals surface area (Å²) in [7, 11) is -3.54. The lowest BCUT2D eigenvalue weighted by atomic mass is 10.1. The van der Waals surface area contributed by atoms with Crippen LogP contribution in [0, 0.1) is 0 Å². The Morgan fingerprint density at radius 3 is 2.94 bits per heavy atom. The first kappa shape index (κ1) is 12.5. The number of aliphatic hydroxyl groups excluding tert-OH is 1. The van der Waals surface area contributed by atoms with Crippen LogP contribution in [0.3, 0.4) is 0 Å². The van der Waals surface area contributed by atoms with Crippen LogP contribution in [0.25, 0.3) is 0 Å². The molecule has 0 radical (unpaired) electrons. The lowest BCUT2D eigenvalue weighted by molar-refractivity contribution is 0.108. The minimum absolute atomic E-state index is 0.0634.